The molecule has 0 aliphatic heterocycles. The Labute approximate surface area is 120 Å². The fourth-order valence-electron chi connectivity index (χ4n) is 3.04. The highest BCUT2D eigenvalue weighted by atomic mass is 32.1. The predicted molar refractivity (Wildman–Crippen MR) is 83.8 cm³/mol. The Hall–Kier alpha value is -1.13. The molecule has 1 fully saturated rings. The van der Waals surface area contributed by atoms with Crippen molar-refractivity contribution < 1.29 is 5.11 Å². The minimum atomic E-state index is 0.154. The van der Waals surface area contributed by atoms with Gasteiger partial charge in [0, 0.05) is 18.2 Å². The summed E-state index contributed by atoms with van der Waals surface area (Å²) in [6.45, 7) is 2.88. The van der Waals surface area contributed by atoms with Crippen molar-refractivity contribution in [3.63, 3.8) is 0 Å². The van der Waals surface area contributed by atoms with E-state index in [1.165, 1.54) is 31.2 Å². The average molecular weight is 278 g/mol. The number of aryl methyl sites for hydroxylation is 1. The first kappa shape index (κ1) is 14.3. The van der Waals surface area contributed by atoms with Crippen molar-refractivity contribution in [3.05, 3.63) is 29.3 Å². The maximum atomic E-state index is 9.37. The smallest absolute Gasteiger partial charge is 0.106 e. The first-order chi connectivity index (χ1) is 9.15. The maximum Gasteiger partial charge on any atom is 0.106 e. The monoisotopic (exact) mass is 278 g/mol. The van der Waals surface area contributed by atoms with Gasteiger partial charge in [0.1, 0.15) is 4.99 Å². The van der Waals surface area contributed by atoms with E-state index in [0.29, 0.717) is 17.6 Å². The molecule has 0 bridgehead atoms. The summed E-state index contributed by atoms with van der Waals surface area (Å²) in [6.07, 6.45) is 4.90. The third kappa shape index (κ3) is 3.07. The summed E-state index contributed by atoms with van der Waals surface area (Å²) in [4.78, 5) is 2.73. The molecule has 19 heavy (non-hydrogen) atoms. The van der Waals surface area contributed by atoms with Crippen molar-refractivity contribution >= 4 is 22.9 Å². The number of hydrogen-bond donors (Lipinski definition) is 2. The summed E-state index contributed by atoms with van der Waals surface area (Å²) in [7, 11) is 0. The largest absolute Gasteiger partial charge is 0.395 e. The minimum absolute atomic E-state index is 0.154. The summed E-state index contributed by atoms with van der Waals surface area (Å²) in [5.41, 5.74) is 9.06. The van der Waals surface area contributed by atoms with E-state index in [4.69, 9.17) is 18.0 Å². The molecule has 1 aliphatic rings. The van der Waals surface area contributed by atoms with Crippen molar-refractivity contribution in [2.75, 3.05) is 18.1 Å². The van der Waals surface area contributed by atoms with Gasteiger partial charge in [0.25, 0.3) is 0 Å². The molecule has 0 aromatic heterocycles. The van der Waals surface area contributed by atoms with Crippen LogP contribution in [0.3, 0.4) is 0 Å². The summed E-state index contributed by atoms with van der Waals surface area (Å²) in [6, 6.07) is 6.54. The van der Waals surface area contributed by atoms with Crippen LogP contribution in [0.1, 0.15) is 36.8 Å². The third-order valence-electron chi connectivity index (χ3n) is 3.90. The van der Waals surface area contributed by atoms with E-state index >= 15 is 0 Å². The van der Waals surface area contributed by atoms with E-state index in [9.17, 15) is 5.11 Å². The number of nitrogens with two attached hydrogens (primary N) is 1. The van der Waals surface area contributed by atoms with Crippen LogP contribution in [-0.4, -0.2) is 29.3 Å². The van der Waals surface area contributed by atoms with Crippen LogP contribution in [0, 0.1) is 6.92 Å². The van der Waals surface area contributed by atoms with Crippen LogP contribution in [0.15, 0.2) is 18.2 Å². The SMILES string of the molecule is Cc1cccc(C(N)=S)c1N(CCO)C1CCCC1. The molecule has 0 saturated heterocycles. The van der Waals surface area contributed by atoms with Crippen LogP contribution in [0.4, 0.5) is 5.69 Å². The van der Waals surface area contributed by atoms with Gasteiger partial charge in [-0.2, -0.15) is 0 Å². The second-order valence-electron chi connectivity index (χ2n) is 5.19. The number of thiocarbonyl (C=S) groups is 1. The molecule has 0 atom stereocenters. The molecule has 1 aromatic rings. The summed E-state index contributed by atoms with van der Waals surface area (Å²) in [5, 5.41) is 9.37. The fraction of sp³-hybridized carbons (Fsp3) is 0.533. The lowest BCUT2D eigenvalue weighted by molar-refractivity contribution is 0.297. The molecule has 1 aromatic carbocycles. The third-order valence-corrected chi connectivity index (χ3v) is 4.12. The molecule has 0 amide bonds. The van der Waals surface area contributed by atoms with Gasteiger partial charge in [-0.25, -0.2) is 0 Å². The molecular weight excluding hydrogens is 256 g/mol. The summed E-state index contributed by atoms with van der Waals surface area (Å²) in [5.74, 6) is 0. The fourth-order valence-corrected chi connectivity index (χ4v) is 3.20. The van der Waals surface area contributed by atoms with Crippen molar-refractivity contribution in [1.82, 2.24) is 0 Å². The van der Waals surface area contributed by atoms with E-state index in [0.717, 1.165) is 11.3 Å². The van der Waals surface area contributed by atoms with E-state index in [1.807, 2.05) is 12.1 Å². The van der Waals surface area contributed by atoms with Gasteiger partial charge in [0.15, 0.2) is 0 Å². The lowest BCUT2D eigenvalue weighted by Gasteiger charge is -2.33. The molecule has 1 saturated carbocycles. The number of hydrogen-bond acceptors (Lipinski definition) is 3. The van der Waals surface area contributed by atoms with E-state index in [-0.39, 0.29) is 6.61 Å². The Balaban J connectivity index is 2.42. The number of aliphatic hydroxyl groups excluding tert-OH is 1. The first-order valence-electron chi connectivity index (χ1n) is 6.92. The predicted octanol–water partition coefficient (Wildman–Crippen LogP) is 2.37. The molecule has 4 heteroatoms. The van der Waals surface area contributed by atoms with Crippen LogP contribution in [0.5, 0.6) is 0 Å². The van der Waals surface area contributed by atoms with Gasteiger partial charge in [0.05, 0.1) is 12.3 Å². The van der Waals surface area contributed by atoms with Gasteiger partial charge in [0.2, 0.25) is 0 Å². The topological polar surface area (TPSA) is 49.5 Å². The van der Waals surface area contributed by atoms with Crippen LogP contribution in [0.2, 0.25) is 0 Å². The van der Waals surface area contributed by atoms with Gasteiger partial charge in [-0.1, -0.05) is 37.2 Å². The Morgan fingerprint density at radius 1 is 1.42 bits per heavy atom. The second kappa shape index (κ2) is 6.35. The quantitative estimate of drug-likeness (QED) is 0.812. The number of nitrogens with zero attached hydrogens (tertiary/aromatic N) is 1. The summed E-state index contributed by atoms with van der Waals surface area (Å²) >= 11 is 5.18. The van der Waals surface area contributed by atoms with Crippen molar-refractivity contribution in [2.45, 2.75) is 38.6 Å². The normalized spacial score (nSPS) is 15.7. The van der Waals surface area contributed by atoms with Gasteiger partial charge in [-0.3, -0.25) is 0 Å². The average Bonchev–Trinajstić information content (AvgIpc) is 2.89. The van der Waals surface area contributed by atoms with Crippen LogP contribution in [-0.2, 0) is 0 Å². The van der Waals surface area contributed by atoms with Crippen LogP contribution < -0.4 is 10.6 Å². The molecule has 0 radical (unpaired) electrons. The molecule has 2 rings (SSSR count). The van der Waals surface area contributed by atoms with Gasteiger partial charge >= 0.3 is 0 Å². The molecule has 3 N–H and O–H groups in total. The number of anilines is 1. The van der Waals surface area contributed by atoms with E-state index in [2.05, 4.69) is 17.9 Å². The number of rotatable bonds is 5. The number of para-hydroxylation sites is 1. The van der Waals surface area contributed by atoms with Gasteiger partial charge in [-0.05, 0) is 31.4 Å². The first-order valence-corrected chi connectivity index (χ1v) is 7.33. The Kier molecular flexibility index (Phi) is 4.77. The van der Waals surface area contributed by atoms with E-state index < -0.39 is 0 Å². The zero-order valence-corrected chi connectivity index (χ0v) is 12.2. The number of benzene rings is 1. The summed E-state index contributed by atoms with van der Waals surface area (Å²) < 4.78 is 0. The molecule has 3 nitrogen and oxygen atoms in total. The highest BCUT2D eigenvalue weighted by molar-refractivity contribution is 7.80. The highest BCUT2D eigenvalue weighted by Gasteiger charge is 2.25. The standard InChI is InChI=1S/C15H22N2OS/c1-11-5-4-8-13(15(16)19)14(11)17(9-10-18)12-6-2-3-7-12/h4-5,8,12,18H,2-3,6-7,9-10H2,1H3,(H2,16,19). The number of aliphatic hydroxyl groups is 1. The van der Waals surface area contributed by atoms with Crippen molar-refractivity contribution in [2.24, 2.45) is 5.73 Å². The zero-order valence-electron chi connectivity index (χ0n) is 11.4. The Morgan fingerprint density at radius 2 is 2.11 bits per heavy atom. The minimum Gasteiger partial charge on any atom is -0.395 e. The van der Waals surface area contributed by atoms with E-state index in [1.54, 1.807) is 0 Å². The van der Waals surface area contributed by atoms with Gasteiger partial charge in [-0.15, -0.1) is 0 Å². The molecule has 0 unspecified atom stereocenters. The van der Waals surface area contributed by atoms with Crippen molar-refractivity contribution in [3.8, 4) is 0 Å². The molecule has 104 valence electrons. The molecule has 0 heterocycles. The zero-order chi connectivity index (χ0) is 13.8. The van der Waals surface area contributed by atoms with Gasteiger partial charge < -0.3 is 15.7 Å². The molecular formula is C15H22N2OS. The lowest BCUT2D eigenvalue weighted by Crippen LogP contribution is -2.37. The van der Waals surface area contributed by atoms with Crippen LogP contribution in [0.25, 0.3) is 0 Å². The lowest BCUT2D eigenvalue weighted by atomic mass is 10.0. The van der Waals surface area contributed by atoms with Crippen LogP contribution >= 0.6 is 12.2 Å². The maximum absolute atomic E-state index is 9.37. The highest BCUT2D eigenvalue weighted by Crippen LogP contribution is 2.32. The van der Waals surface area contributed by atoms with Crippen molar-refractivity contribution in [1.29, 1.82) is 0 Å². The molecule has 0 spiro atoms. The second-order valence-corrected chi connectivity index (χ2v) is 5.63. The Bertz CT molecular complexity index is 455. The molecule has 1 aliphatic carbocycles. The Morgan fingerprint density at radius 3 is 2.68 bits per heavy atom.